The van der Waals surface area contributed by atoms with Crippen LogP contribution in [0, 0.1) is 6.92 Å². The van der Waals surface area contributed by atoms with E-state index >= 15 is 0 Å². The summed E-state index contributed by atoms with van der Waals surface area (Å²) in [4.78, 5) is 8.21. The lowest BCUT2D eigenvalue weighted by Gasteiger charge is -1.98. The fourth-order valence-electron chi connectivity index (χ4n) is 1.82. The number of rotatable bonds is 2. The van der Waals surface area contributed by atoms with Gasteiger partial charge in [-0.25, -0.2) is 0 Å². The summed E-state index contributed by atoms with van der Waals surface area (Å²) in [5, 5.41) is 13.3. The van der Waals surface area contributed by atoms with Crippen molar-refractivity contribution in [3.63, 3.8) is 0 Å². The van der Waals surface area contributed by atoms with E-state index < -0.39 is 0 Å². The first-order valence-corrected chi connectivity index (χ1v) is 5.78. The molecule has 0 atom stereocenters. The molecule has 0 saturated heterocycles. The van der Waals surface area contributed by atoms with E-state index in [9.17, 15) is 5.11 Å². The van der Waals surface area contributed by atoms with E-state index in [-0.39, 0.29) is 5.75 Å². The molecule has 0 fully saturated rings. The summed E-state index contributed by atoms with van der Waals surface area (Å²) >= 11 is 0. The number of hydrogen-bond acceptors (Lipinski definition) is 5. The number of aromatic nitrogens is 3. The predicted octanol–water partition coefficient (Wildman–Crippen LogP) is 2.81. The van der Waals surface area contributed by atoms with Crippen LogP contribution in [0.4, 0.5) is 0 Å². The van der Waals surface area contributed by atoms with Crippen molar-refractivity contribution in [3.8, 4) is 28.6 Å². The fourth-order valence-corrected chi connectivity index (χ4v) is 1.82. The Bertz CT molecular complexity index is 722. The third-order valence-corrected chi connectivity index (χ3v) is 2.78. The van der Waals surface area contributed by atoms with E-state index in [0.29, 0.717) is 17.3 Å². The van der Waals surface area contributed by atoms with Gasteiger partial charge in [-0.05, 0) is 18.6 Å². The van der Waals surface area contributed by atoms with Crippen LogP contribution in [0.15, 0.2) is 47.2 Å². The van der Waals surface area contributed by atoms with Crippen LogP contribution in [0.5, 0.6) is 5.75 Å². The largest absolute Gasteiger partial charge is 0.506 e. The molecule has 1 N–H and O–H groups in total. The zero-order valence-electron chi connectivity index (χ0n) is 10.2. The lowest BCUT2D eigenvalue weighted by Crippen LogP contribution is -1.85. The van der Waals surface area contributed by atoms with Crippen LogP contribution >= 0.6 is 0 Å². The molecule has 3 rings (SSSR count). The molecule has 0 aliphatic heterocycles. The van der Waals surface area contributed by atoms with Crippen LogP contribution in [-0.2, 0) is 0 Å². The van der Waals surface area contributed by atoms with E-state index in [1.807, 2.05) is 31.2 Å². The second-order valence-electron chi connectivity index (χ2n) is 4.17. The Hall–Kier alpha value is -2.69. The summed E-state index contributed by atoms with van der Waals surface area (Å²) in [5.74, 6) is 0.922. The second-order valence-corrected chi connectivity index (χ2v) is 4.17. The van der Waals surface area contributed by atoms with Crippen molar-refractivity contribution < 1.29 is 9.63 Å². The van der Waals surface area contributed by atoms with Gasteiger partial charge >= 0.3 is 0 Å². The standard InChI is InChI=1S/C14H11N3O2/c1-9-4-2-3-5-12(9)13-16-14(19-17-13)10-6-11(18)8-15-7-10/h2-8,18H,1H3. The number of nitrogens with zero attached hydrogens (tertiary/aromatic N) is 3. The van der Waals surface area contributed by atoms with Gasteiger partial charge in [-0.2, -0.15) is 4.98 Å². The lowest BCUT2D eigenvalue weighted by molar-refractivity contribution is 0.431. The zero-order valence-corrected chi connectivity index (χ0v) is 10.2. The maximum absolute atomic E-state index is 9.39. The smallest absolute Gasteiger partial charge is 0.259 e. The van der Waals surface area contributed by atoms with Crippen LogP contribution in [0.25, 0.3) is 22.8 Å². The maximum atomic E-state index is 9.39. The lowest BCUT2D eigenvalue weighted by atomic mass is 10.1. The van der Waals surface area contributed by atoms with Gasteiger partial charge in [-0.15, -0.1) is 0 Å². The van der Waals surface area contributed by atoms with E-state index in [4.69, 9.17) is 4.52 Å². The Morgan fingerprint density at radius 2 is 2.00 bits per heavy atom. The van der Waals surface area contributed by atoms with Crippen LogP contribution in [0.3, 0.4) is 0 Å². The Balaban J connectivity index is 2.03. The van der Waals surface area contributed by atoms with Gasteiger partial charge in [-0.1, -0.05) is 29.4 Å². The molecular formula is C14H11N3O2. The molecule has 5 nitrogen and oxygen atoms in total. The minimum Gasteiger partial charge on any atom is -0.506 e. The summed E-state index contributed by atoms with van der Waals surface area (Å²) in [7, 11) is 0. The molecule has 5 heteroatoms. The molecule has 0 unspecified atom stereocenters. The molecule has 1 aromatic carbocycles. The molecule has 94 valence electrons. The Morgan fingerprint density at radius 3 is 2.79 bits per heavy atom. The molecule has 0 amide bonds. The summed E-state index contributed by atoms with van der Waals surface area (Å²) < 4.78 is 5.20. The molecule has 0 saturated carbocycles. The van der Waals surface area contributed by atoms with Gasteiger partial charge in [0.15, 0.2) is 0 Å². The Labute approximate surface area is 109 Å². The van der Waals surface area contributed by atoms with Gasteiger partial charge in [0.25, 0.3) is 5.89 Å². The molecule has 0 spiro atoms. The van der Waals surface area contributed by atoms with Crippen molar-refractivity contribution in [3.05, 3.63) is 48.3 Å². The normalized spacial score (nSPS) is 10.6. The average Bonchev–Trinajstić information content (AvgIpc) is 2.89. The number of pyridine rings is 1. The van der Waals surface area contributed by atoms with E-state index in [1.54, 1.807) is 6.20 Å². The van der Waals surface area contributed by atoms with Crippen molar-refractivity contribution in [1.82, 2.24) is 15.1 Å². The summed E-state index contributed by atoms with van der Waals surface area (Å²) in [6.07, 6.45) is 2.91. The van der Waals surface area contributed by atoms with Gasteiger partial charge in [0.1, 0.15) is 5.75 Å². The zero-order chi connectivity index (χ0) is 13.2. The molecule has 0 aliphatic carbocycles. The minimum absolute atomic E-state index is 0.0631. The Morgan fingerprint density at radius 1 is 1.16 bits per heavy atom. The first kappa shape index (κ1) is 11.4. The number of hydrogen-bond donors (Lipinski definition) is 1. The first-order valence-electron chi connectivity index (χ1n) is 5.78. The van der Waals surface area contributed by atoms with E-state index in [2.05, 4.69) is 15.1 Å². The summed E-state index contributed by atoms with van der Waals surface area (Å²) in [6, 6.07) is 9.33. The highest BCUT2D eigenvalue weighted by Gasteiger charge is 2.12. The molecule has 0 aliphatic rings. The molecule has 0 radical (unpaired) electrons. The number of benzene rings is 1. The molecule has 2 heterocycles. The monoisotopic (exact) mass is 253 g/mol. The van der Waals surface area contributed by atoms with Crippen molar-refractivity contribution in [2.45, 2.75) is 6.92 Å². The average molecular weight is 253 g/mol. The van der Waals surface area contributed by atoms with Crippen LogP contribution < -0.4 is 0 Å². The second kappa shape index (κ2) is 4.53. The molecular weight excluding hydrogens is 242 g/mol. The van der Waals surface area contributed by atoms with Gasteiger partial charge in [0, 0.05) is 11.8 Å². The van der Waals surface area contributed by atoms with Crippen LogP contribution in [0.1, 0.15) is 5.56 Å². The molecule has 19 heavy (non-hydrogen) atoms. The van der Waals surface area contributed by atoms with Gasteiger partial charge < -0.3 is 9.63 Å². The summed E-state index contributed by atoms with van der Waals surface area (Å²) in [6.45, 7) is 1.99. The van der Waals surface area contributed by atoms with Crippen LogP contribution in [0.2, 0.25) is 0 Å². The Kier molecular flexibility index (Phi) is 2.72. The topological polar surface area (TPSA) is 72.0 Å². The van der Waals surface area contributed by atoms with E-state index in [0.717, 1.165) is 11.1 Å². The highest BCUT2D eigenvalue weighted by Crippen LogP contribution is 2.25. The van der Waals surface area contributed by atoms with Crippen LogP contribution in [-0.4, -0.2) is 20.2 Å². The van der Waals surface area contributed by atoms with E-state index in [1.165, 1.54) is 12.3 Å². The number of aromatic hydroxyl groups is 1. The quantitative estimate of drug-likeness (QED) is 0.760. The van der Waals surface area contributed by atoms with Crippen molar-refractivity contribution in [1.29, 1.82) is 0 Å². The first-order chi connectivity index (χ1) is 9.24. The third-order valence-electron chi connectivity index (χ3n) is 2.78. The molecule has 2 aromatic heterocycles. The van der Waals surface area contributed by atoms with Crippen molar-refractivity contribution in [2.75, 3.05) is 0 Å². The van der Waals surface area contributed by atoms with Crippen molar-refractivity contribution in [2.24, 2.45) is 0 Å². The SMILES string of the molecule is Cc1ccccc1-c1noc(-c2cncc(O)c2)n1. The highest BCUT2D eigenvalue weighted by molar-refractivity contribution is 5.62. The minimum atomic E-state index is 0.0631. The number of aryl methyl sites for hydroxylation is 1. The highest BCUT2D eigenvalue weighted by atomic mass is 16.5. The summed E-state index contributed by atoms with van der Waals surface area (Å²) in [5.41, 5.74) is 2.59. The third kappa shape index (κ3) is 2.18. The van der Waals surface area contributed by atoms with Gasteiger partial charge in [0.2, 0.25) is 5.82 Å². The predicted molar refractivity (Wildman–Crippen MR) is 69.4 cm³/mol. The molecule has 0 bridgehead atoms. The maximum Gasteiger partial charge on any atom is 0.259 e. The van der Waals surface area contributed by atoms with Gasteiger partial charge in [-0.3, -0.25) is 4.98 Å². The molecule has 3 aromatic rings. The fraction of sp³-hybridized carbons (Fsp3) is 0.0714. The van der Waals surface area contributed by atoms with Gasteiger partial charge in [0.05, 0.1) is 11.8 Å². The van der Waals surface area contributed by atoms with Crippen molar-refractivity contribution >= 4 is 0 Å².